The largest absolute Gasteiger partial charge is 0.489 e. The lowest BCUT2D eigenvalue weighted by molar-refractivity contribution is -0.136. The van der Waals surface area contributed by atoms with Gasteiger partial charge in [0.05, 0.1) is 0 Å². The van der Waals surface area contributed by atoms with Crippen LogP contribution < -0.4 is 15.8 Å². The van der Waals surface area contributed by atoms with Crippen molar-refractivity contribution >= 4 is 30.1 Å². The van der Waals surface area contributed by atoms with Gasteiger partial charge in [-0.2, -0.15) is 0 Å². The van der Waals surface area contributed by atoms with E-state index in [1.54, 1.807) is 12.1 Å². The molecule has 8 heteroatoms. The fourth-order valence-electron chi connectivity index (χ4n) is 3.90. The molecule has 1 unspecified atom stereocenters. The number of hydrogen-bond donors (Lipinski definition) is 2. The Kier molecular flexibility index (Phi) is 5.20. The first-order valence-electron chi connectivity index (χ1n) is 8.73. The number of halogens is 1. The summed E-state index contributed by atoms with van der Waals surface area (Å²) in [4.78, 5) is 37.5. The number of imide groups is 1. The smallest absolute Gasteiger partial charge is 0.255 e. The van der Waals surface area contributed by atoms with Crippen molar-refractivity contribution in [3.8, 4) is 5.75 Å². The average Bonchev–Trinajstić information content (AvgIpc) is 3.12. The Labute approximate surface area is 157 Å². The molecule has 2 heterocycles. The molecule has 1 aromatic rings. The van der Waals surface area contributed by atoms with Crippen LogP contribution in [0.25, 0.3) is 0 Å². The average molecular weight is 380 g/mol. The lowest BCUT2D eigenvalue weighted by Crippen LogP contribution is -2.52. The fourth-order valence-corrected chi connectivity index (χ4v) is 3.90. The monoisotopic (exact) mass is 379 g/mol. The number of nitrogens with one attached hydrogen (secondary N) is 1. The molecule has 7 nitrogen and oxygen atoms in total. The number of fused-ring (bicyclic) bond motifs is 1. The van der Waals surface area contributed by atoms with Crippen molar-refractivity contribution in [2.45, 2.75) is 56.8 Å². The highest BCUT2D eigenvalue weighted by Crippen LogP contribution is 2.31. The van der Waals surface area contributed by atoms with Crippen LogP contribution in [0.3, 0.4) is 0 Å². The Morgan fingerprint density at radius 1 is 1.15 bits per heavy atom. The number of benzene rings is 1. The first kappa shape index (κ1) is 18.7. The number of piperidine rings is 1. The highest BCUT2D eigenvalue weighted by molar-refractivity contribution is 6.05. The summed E-state index contributed by atoms with van der Waals surface area (Å²) >= 11 is 0. The minimum atomic E-state index is -0.592. The number of amides is 3. The van der Waals surface area contributed by atoms with E-state index in [2.05, 4.69) is 5.32 Å². The number of nitrogens with zero attached hydrogens (tertiary/aromatic N) is 1. The second-order valence-electron chi connectivity index (χ2n) is 6.97. The topological polar surface area (TPSA) is 102 Å². The van der Waals surface area contributed by atoms with E-state index in [0.29, 0.717) is 24.3 Å². The molecule has 0 bridgehead atoms. The van der Waals surface area contributed by atoms with E-state index in [0.717, 1.165) is 24.8 Å². The van der Waals surface area contributed by atoms with Crippen LogP contribution >= 0.6 is 12.4 Å². The minimum Gasteiger partial charge on any atom is -0.489 e. The number of hydrogen-bond acceptors (Lipinski definition) is 5. The highest BCUT2D eigenvalue weighted by atomic mass is 35.5. The number of carbonyl (C=O) groups excluding carboxylic acids is 3. The van der Waals surface area contributed by atoms with Gasteiger partial charge in [0.1, 0.15) is 17.9 Å². The normalized spacial score (nSPS) is 27.8. The standard InChI is InChI=1S/C18H21N3O4.ClH/c19-13-2-1-3-15(13)25-11-4-5-12-10(8-11)9-21(18(12)24)14-6-7-16(22)20-17(14)23;/h4-5,8,13-15H,1-3,6-7,9,19H2,(H,20,22,23);1H/t13-,14?,15+;/m1./s1. The molecule has 0 spiro atoms. The first-order chi connectivity index (χ1) is 12.0. The van der Waals surface area contributed by atoms with E-state index in [9.17, 15) is 14.4 Å². The summed E-state index contributed by atoms with van der Waals surface area (Å²) in [6, 6.07) is 4.86. The Morgan fingerprint density at radius 2 is 1.96 bits per heavy atom. The molecule has 3 N–H and O–H groups in total. The molecule has 3 aliphatic rings. The predicted molar refractivity (Wildman–Crippen MR) is 96.0 cm³/mol. The van der Waals surface area contributed by atoms with Crippen molar-refractivity contribution in [2.24, 2.45) is 5.73 Å². The molecule has 4 rings (SSSR count). The van der Waals surface area contributed by atoms with Crippen molar-refractivity contribution in [3.05, 3.63) is 29.3 Å². The van der Waals surface area contributed by atoms with E-state index in [4.69, 9.17) is 10.5 Å². The summed E-state index contributed by atoms with van der Waals surface area (Å²) in [5.74, 6) is -0.146. The van der Waals surface area contributed by atoms with Crippen LogP contribution in [0.1, 0.15) is 48.0 Å². The van der Waals surface area contributed by atoms with Gasteiger partial charge >= 0.3 is 0 Å². The van der Waals surface area contributed by atoms with Gasteiger partial charge in [0, 0.05) is 24.6 Å². The molecular weight excluding hydrogens is 358 g/mol. The summed E-state index contributed by atoms with van der Waals surface area (Å²) < 4.78 is 5.99. The number of ether oxygens (including phenoxy) is 1. The molecule has 140 valence electrons. The highest BCUT2D eigenvalue weighted by Gasteiger charge is 2.39. The van der Waals surface area contributed by atoms with Crippen LogP contribution in [0.2, 0.25) is 0 Å². The maximum atomic E-state index is 12.6. The Hall–Kier alpha value is -2.12. The Balaban J connectivity index is 0.00000196. The Morgan fingerprint density at radius 3 is 2.65 bits per heavy atom. The molecule has 3 amide bonds. The number of rotatable bonds is 3. The maximum Gasteiger partial charge on any atom is 0.255 e. The van der Waals surface area contributed by atoms with Gasteiger partial charge in [-0.25, -0.2) is 0 Å². The molecule has 2 fully saturated rings. The van der Waals surface area contributed by atoms with Crippen LogP contribution in [0, 0.1) is 0 Å². The molecule has 1 saturated heterocycles. The molecule has 1 aromatic carbocycles. The van der Waals surface area contributed by atoms with Crippen molar-refractivity contribution < 1.29 is 19.1 Å². The van der Waals surface area contributed by atoms with Crippen LogP contribution in [-0.4, -0.2) is 40.8 Å². The molecule has 2 aliphatic heterocycles. The van der Waals surface area contributed by atoms with Crippen LogP contribution in [-0.2, 0) is 16.1 Å². The van der Waals surface area contributed by atoms with Crippen molar-refractivity contribution in [2.75, 3.05) is 0 Å². The van der Waals surface area contributed by atoms with Crippen molar-refractivity contribution in [3.63, 3.8) is 0 Å². The Bertz CT molecular complexity index is 754. The van der Waals surface area contributed by atoms with Crippen LogP contribution in [0.4, 0.5) is 0 Å². The molecule has 0 aromatic heterocycles. The second-order valence-corrected chi connectivity index (χ2v) is 6.97. The van der Waals surface area contributed by atoms with Gasteiger partial charge in [-0.05, 0) is 49.4 Å². The van der Waals surface area contributed by atoms with Crippen molar-refractivity contribution in [1.82, 2.24) is 10.2 Å². The van der Waals surface area contributed by atoms with E-state index < -0.39 is 11.9 Å². The zero-order valence-corrected chi connectivity index (χ0v) is 15.1. The summed E-state index contributed by atoms with van der Waals surface area (Å²) in [5, 5.41) is 2.31. The molecular formula is C18H22ClN3O4. The maximum absolute atomic E-state index is 12.6. The van der Waals surface area contributed by atoms with Gasteiger partial charge in [0.15, 0.2) is 0 Å². The first-order valence-corrected chi connectivity index (χ1v) is 8.73. The SMILES string of the molecule is Cl.N[C@@H]1CCC[C@@H]1Oc1ccc2c(c1)CN(C1CCC(=O)NC1=O)C2=O. The lowest BCUT2D eigenvalue weighted by Gasteiger charge is -2.29. The van der Waals surface area contributed by atoms with Gasteiger partial charge in [-0.15, -0.1) is 12.4 Å². The molecule has 26 heavy (non-hydrogen) atoms. The predicted octanol–water partition coefficient (Wildman–Crippen LogP) is 1.13. The minimum absolute atomic E-state index is 0. The third-order valence-electron chi connectivity index (χ3n) is 5.29. The summed E-state index contributed by atoms with van der Waals surface area (Å²) in [5.41, 5.74) is 7.49. The molecule has 1 saturated carbocycles. The van der Waals surface area contributed by atoms with Gasteiger partial charge in [0.2, 0.25) is 11.8 Å². The third kappa shape index (κ3) is 3.29. The number of nitrogens with two attached hydrogens (primary N) is 1. The van der Waals surface area contributed by atoms with E-state index in [1.165, 1.54) is 4.90 Å². The summed E-state index contributed by atoms with van der Waals surface area (Å²) in [6.45, 7) is 0.356. The van der Waals surface area contributed by atoms with Gasteiger partial charge in [-0.1, -0.05) is 0 Å². The third-order valence-corrected chi connectivity index (χ3v) is 5.29. The van der Waals surface area contributed by atoms with E-state index in [-0.39, 0.29) is 42.8 Å². The van der Waals surface area contributed by atoms with E-state index in [1.807, 2.05) is 6.07 Å². The van der Waals surface area contributed by atoms with Gasteiger partial charge in [0.25, 0.3) is 5.91 Å². The zero-order valence-electron chi connectivity index (χ0n) is 14.3. The molecule has 3 atom stereocenters. The number of carbonyl (C=O) groups is 3. The summed E-state index contributed by atoms with van der Waals surface area (Å²) in [6.07, 6.45) is 3.62. The second kappa shape index (κ2) is 7.25. The van der Waals surface area contributed by atoms with Gasteiger partial charge in [-0.3, -0.25) is 19.7 Å². The lowest BCUT2D eigenvalue weighted by atomic mass is 10.0. The van der Waals surface area contributed by atoms with E-state index >= 15 is 0 Å². The fraction of sp³-hybridized carbons (Fsp3) is 0.500. The van der Waals surface area contributed by atoms with Crippen molar-refractivity contribution in [1.29, 1.82) is 0 Å². The molecule has 0 radical (unpaired) electrons. The van der Waals surface area contributed by atoms with Gasteiger partial charge < -0.3 is 15.4 Å². The summed E-state index contributed by atoms with van der Waals surface area (Å²) in [7, 11) is 0. The molecule has 1 aliphatic carbocycles. The van der Waals surface area contributed by atoms with Crippen LogP contribution in [0.5, 0.6) is 5.75 Å². The van der Waals surface area contributed by atoms with Crippen LogP contribution in [0.15, 0.2) is 18.2 Å². The zero-order chi connectivity index (χ0) is 17.6. The quantitative estimate of drug-likeness (QED) is 0.766.